The van der Waals surface area contributed by atoms with Gasteiger partial charge < -0.3 is 39.4 Å². The second-order valence-corrected chi connectivity index (χ2v) is 10.9. The molecule has 1 heterocycles. The van der Waals surface area contributed by atoms with Crippen molar-refractivity contribution >= 4 is 11.9 Å². The van der Waals surface area contributed by atoms with Crippen LogP contribution < -0.4 is 0 Å². The molecule has 6 atom stereocenters. The molecule has 0 aromatic carbocycles. The largest absolute Gasteiger partial charge is 0.462 e. The number of hydrogen-bond acceptors (Lipinski definition) is 10. The Balaban J connectivity index is 2.23. The lowest BCUT2D eigenvalue weighted by Gasteiger charge is -2.39. The highest BCUT2D eigenvalue weighted by atomic mass is 16.7. The molecule has 0 amide bonds. The predicted octanol–water partition coefficient (Wildman–Crippen LogP) is 3.93. The minimum atomic E-state index is -1.58. The van der Waals surface area contributed by atoms with E-state index in [1.165, 1.54) is 70.6 Å². The van der Waals surface area contributed by atoms with Gasteiger partial charge in [0.25, 0.3) is 0 Å². The van der Waals surface area contributed by atoms with E-state index in [9.17, 15) is 30.0 Å². The van der Waals surface area contributed by atoms with Crippen molar-refractivity contribution in [2.24, 2.45) is 0 Å². The number of rotatable bonds is 24. The lowest BCUT2D eigenvalue weighted by molar-refractivity contribution is -0.305. The first kappa shape index (κ1) is 36.7. The zero-order chi connectivity index (χ0) is 29.6. The van der Waals surface area contributed by atoms with Crippen LogP contribution in [-0.2, 0) is 28.5 Å². The van der Waals surface area contributed by atoms with Crippen LogP contribution in [0.3, 0.4) is 0 Å². The topological polar surface area (TPSA) is 152 Å². The Labute approximate surface area is 240 Å². The summed E-state index contributed by atoms with van der Waals surface area (Å²) in [4.78, 5) is 24.0. The van der Waals surface area contributed by atoms with E-state index in [4.69, 9.17) is 18.9 Å². The monoisotopic (exact) mass is 576 g/mol. The molecule has 236 valence electrons. The molecule has 0 saturated carbocycles. The van der Waals surface area contributed by atoms with Gasteiger partial charge in [0.1, 0.15) is 31.0 Å². The molecule has 1 aliphatic rings. The van der Waals surface area contributed by atoms with Gasteiger partial charge in [0.15, 0.2) is 12.4 Å². The van der Waals surface area contributed by atoms with Gasteiger partial charge in [-0.05, 0) is 6.42 Å². The highest BCUT2D eigenvalue weighted by molar-refractivity contribution is 5.70. The molecule has 1 aliphatic heterocycles. The summed E-state index contributed by atoms with van der Waals surface area (Å²) >= 11 is 0. The van der Waals surface area contributed by atoms with Crippen LogP contribution in [0.15, 0.2) is 0 Å². The minimum absolute atomic E-state index is 0.160. The fraction of sp³-hybridized carbons (Fsp3) is 0.933. The van der Waals surface area contributed by atoms with Crippen LogP contribution in [0.25, 0.3) is 0 Å². The van der Waals surface area contributed by atoms with Crippen molar-refractivity contribution in [2.75, 3.05) is 19.8 Å². The standard InChI is InChI=1S/C30H56O10/c1-3-5-6-7-8-9-10-11-12-13-14-15-16-17-18-19-26(33)39-23(21-37-25(32)4-2)22-38-30-29(36)28(35)27(34)24(20-31)40-30/h23-24,27-31,34-36H,3-22H2,1-2H3/t23-,24-,27+,28+,29-,30-/m1/s1. The second-order valence-electron chi connectivity index (χ2n) is 10.9. The first-order chi connectivity index (χ1) is 19.3. The lowest BCUT2D eigenvalue weighted by Crippen LogP contribution is -2.59. The maximum absolute atomic E-state index is 12.4. The van der Waals surface area contributed by atoms with Crippen molar-refractivity contribution in [1.82, 2.24) is 0 Å². The third kappa shape index (κ3) is 16.2. The van der Waals surface area contributed by atoms with E-state index in [0.29, 0.717) is 6.42 Å². The van der Waals surface area contributed by atoms with Gasteiger partial charge in [-0.15, -0.1) is 0 Å². The van der Waals surface area contributed by atoms with Crippen molar-refractivity contribution in [3.8, 4) is 0 Å². The normalized spacial score (nSPS) is 23.6. The summed E-state index contributed by atoms with van der Waals surface area (Å²) in [5, 5.41) is 39.3. The number of carbonyl (C=O) groups is 2. The highest BCUT2D eigenvalue weighted by Gasteiger charge is 2.44. The average molecular weight is 577 g/mol. The molecule has 4 N–H and O–H groups in total. The predicted molar refractivity (Wildman–Crippen MR) is 150 cm³/mol. The average Bonchev–Trinajstić information content (AvgIpc) is 2.95. The first-order valence-corrected chi connectivity index (χ1v) is 15.6. The molecular weight excluding hydrogens is 520 g/mol. The zero-order valence-corrected chi connectivity index (χ0v) is 24.8. The van der Waals surface area contributed by atoms with Gasteiger partial charge in [0, 0.05) is 12.8 Å². The smallest absolute Gasteiger partial charge is 0.306 e. The van der Waals surface area contributed by atoms with Gasteiger partial charge in [-0.2, -0.15) is 0 Å². The van der Waals surface area contributed by atoms with Crippen molar-refractivity contribution in [3.05, 3.63) is 0 Å². The highest BCUT2D eigenvalue weighted by Crippen LogP contribution is 2.22. The van der Waals surface area contributed by atoms with Crippen LogP contribution in [0.4, 0.5) is 0 Å². The van der Waals surface area contributed by atoms with Crippen LogP contribution in [0.1, 0.15) is 123 Å². The molecule has 0 unspecified atom stereocenters. The molecule has 0 aromatic rings. The summed E-state index contributed by atoms with van der Waals surface area (Å²) in [7, 11) is 0. The first-order valence-electron chi connectivity index (χ1n) is 15.6. The number of aliphatic hydroxyl groups excluding tert-OH is 4. The number of aliphatic hydroxyl groups is 4. The van der Waals surface area contributed by atoms with Crippen LogP contribution in [0.2, 0.25) is 0 Å². The molecule has 0 radical (unpaired) electrons. The Morgan fingerprint density at radius 3 is 1.73 bits per heavy atom. The van der Waals surface area contributed by atoms with Crippen molar-refractivity contribution in [1.29, 1.82) is 0 Å². The maximum atomic E-state index is 12.4. The lowest BCUT2D eigenvalue weighted by atomic mass is 9.99. The maximum Gasteiger partial charge on any atom is 0.306 e. The summed E-state index contributed by atoms with van der Waals surface area (Å²) in [5.74, 6) is -0.902. The Morgan fingerprint density at radius 2 is 1.23 bits per heavy atom. The minimum Gasteiger partial charge on any atom is -0.462 e. The van der Waals surface area contributed by atoms with Crippen LogP contribution in [0.5, 0.6) is 0 Å². The number of unbranched alkanes of at least 4 members (excludes halogenated alkanes) is 14. The van der Waals surface area contributed by atoms with E-state index in [2.05, 4.69) is 6.92 Å². The molecule has 10 nitrogen and oxygen atoms in total. The van der Waals surface area contributed by atoms with E-state index in [1.54, 1.807) is 6.92 Å². The molecule has 1 saturated heterocycles. The van der Waals surface area contributed by atoms with Crippen LogP contribution in [-0.4, -0.2) is 89.0 Å². The van der Waals surface area contributed by atoms with Gasteiger partial charge in [-0.3, -0.25) is 9.59 Å². The Morgan fingerprint density at radius 1 is 0.700 bits per heavy atom. The van der Waals surface area contributed by atoms with Gasteiger partial charge in [0.05, 0.1) is 13.2 Å². The SMILES string of the molecule is CCCCCCCCCCCCCCCCCC(=O)O[C@H](COC(=O)CC)CO[C@@H]1O[C@H](CO)[C@H](O)[C@H](O)[C@H]1O. The fourth-order valence-electron chi connectivity index (χ4n) is 4.70. The van der Waals surface area contributed by atoms with Gasteiger partial charge in [-0.25, -0.2) is 0 Å². The summed E-state index contributed by atoms with van der Waals surface area (Å²) in [5.41, 5.74) is 0. The van der Waals surface area contributed by atoms with E-state index >= 15 is 0 Å². The molecule has 10 heteroatoms. The van der Waals surface area contributed by atoms with E-state index < -0.39 is 55.4 Å². The molecule has 0 bridgehead atoms. The van der Waals surface area contributed by atoms with E-state index in [1.807, 2.05) is 0 Å². The van der Waals surface area contributed by atoms with Gasteiger partial charge in [-0.1, -0.05) is 104 Å². The fourth-order valence-corrected chi connectivity index (χ4v) is 4.70. The second kappa shape index (κ2) is 23.3. The summed E-state index contributed by atoms with van der Waals surface area (Å²) in [6.07, 6.45) is 10.8. The number of ether oxygens (including phenoxy) is 4. The quantitative estimate of drug-likeness (QED) is 0.0982. The number of esters is 2. The number of hydrogen-bond donors (Lipinski definition) is 4. The molecule has 40 heavy (non-hydrogen) atoms. The molecule has 0 aromatic heterocycles. The summed E-state index contributed by atoms with van der Waals surface area (Å²) < 4.78 is 21.4. The Kier molecular flexibility index (Phi) is 21.4. The van der Waals surface area contributed by atoms with E-state index in [-0.39, 0.29) is 26.1 Å². The van der Waals surface area contributed by atoms with Crippen LogP contribution in [0, 0.1) is 0 Å². The molecule has 0 aliphatic carbocycles. The zero-order valence-electron chi connectivity index (χ0n) is 24.8. The third-order valence-corrected chi connectivity index (χ3v) is 7.30. The molecular formula is C30H56O10. The van der Waals surface area contributed by atoms with Gasteiger partial charge >= 0.3 is 11.9 Å². The number of carbonyl (C=O) groups excluding carboxylic acids is 2. The van der Waals surface area contributed by atoms with Crippen molar-refractivity contribution < 1.29 is 49.0 Å². The molecule has 0 spiro atoms. The van der Waals surface area contributed by atoms with Gasteiger partial charge in [0.2, 0.25) is 0 Å². The summed E-state index contributed by atoms with van der Waals surface area (Å²) in [6.45, 7) is 2.80. The van der Waals surface area contributed by atoms with Crippen molar-refractivity contribution in [2.45, 2.75) is 160 Å². The third-order valence-electron chi connectivity index (χ3n) is 7.30. The summed E-state index contributed by atoms with van der Waals surface area (Å²) in [6, 6.07) is 0. The van der Waals surface area contributed by atoms with Crippen LogP contribution >= 0.6 is 0 Å². The van der Waals surface area contributed by atoms with E-state index in [0.717, 1.165) is 19.3 Å². The van der Waals surface area contributed by atoms with Crippen molar-refractivity contribution in [3.63, 3.8) is 0 Å². The molecule has 1 fully saturated rings. The Bertz CT molecular complexity index is 644. The molecule has 1 rings (SSSR count). The Hall–Kier alpha value is -1.30.